The van der Waals surface area contributed by atoms with E-state index in [1.54, 1.807) is 33.9 Å². The third-order valence-electron chi connectivity index (χ3n) is 9.29. The van der Waals surface area contributed by atoms with E-state index in [9.17, 15) is 19.5 Å². The molecule has 0 aromatic rings. The second kappa shape index (κ2) is 12.3. The fourth-order valence-corrected chi connectivity index (χ4v) is 7.46. The first kappa shape index (κ1) is 30.7. The average molecular weight is 561 g/mol. The summed E-state index contributed by atoms with van der Waals surface area (Å²) in [6, 6.07) is -1.47. The van der Waals surface area contributed by atoms with Crippen LogP contribution in [0.4, 0.5) is 0 Å². The Labute approximate surface area is 238 Å². The normalized spacial score (nSPS) is 32.3. The molecule has 2 unspecified atom stereocenters. The van der Waals surface area contributed by atoms with Crippen molar-refractivity contribution in [3.05, 3.63) is 25.3 Å². The SMILES string of the molecule is C=CCN(C)C(=O)[C@H]1[C@H]2C(=O)N([C@@H](CO)CC(C)C)C(C(=O)N(CC=C)CCN3CCOCC3)C23CC[C@]1(C)O3. The van der Waals surface area contributed by atoms with Crippen molar-refractivity contribution in [1.29, 1.82) is 0 Å². The zero-order valence-corrected chi connectivity index (χ0v) is 24.7. The van der Waals surface area contributed by atoms with E-state index >= 15 is 0 Å². The number of fused-ring (bicyclic) bond motifs is 1. The topological polar surface area (TPSA) is 103 Å². The van der Waals surface area contributed by atoms with Crippen molar-refractivity contribution in [3.8, 4) is 0 Å². The van der Waals surface area contributed by atoms with Crippen molar-refractivity contribution in [2.45, 2.75) is 63.3 Å². The van der Waals surface area contributed by atoms with Crippen molar-refractivity contribution < 1.29 is 29.0 Å². The molecule has 10 heteroatoms. The van der Waals surface area contributed by atoms with Crippen LogP contribution in [0.15, 0.2) is 25.3 Å². The van der Waals surface area contributed by atoms with E-state index in [0.717, 1.165) is 13.1 Å². The van der Waals surface area contributed by atoms with Gasteiger partial charge in [-0.2, -0.15) is 0 Å². The molecule has 4 rings (SSSR count). The Morgan fingerprint density at radius 3 is 2.42 bits per heavy atom. The van der Waals surface area contributed by atoms with Gasteiger partial charge in [-0.05, 0) is 32.1 Å². The Morgan fingerprint density at radius 2 is 1.82 bits per heavy atom. The summed E-state index contributed by atoms with van der Waals surface area (Å²) in [6.45, 7) is 18.1. The molecule has 6 atom stereocenters. The molecule has 10 nitrogen and oxygen atoms in total. The summed E-state index contributed by atoms with van der Waals surface area (Å²) < 4.78 is 12.2. The lowest BCUT2D eigenvalue weighted by molar-refractivity contribution is -0.156. The Bertz CT molecular complexity index is 983. The van der Waals surface area contributed by atoms with Crippen molar-refractivity contribution in [3.63, 3.8) is 0 Å². The fraction of sp³-hybridized carbons (Fsp3) is 0.767. The molecule has 0 aromatic carbocycles. The molecule has 0 aliphatic carbocycles. The highest BCUT2D eigenvalue weighted by atomic mass is 16.5. The number of carbonyl (C=O) groups is 3. The minimum Gasteiger partial charge on any atom is -0.394 e. The van der Waals surface area contributed by atoms with Gasteiger partial charge < -0.3 is 29.3 Å². The monoisotopic (exact) mass is 560 g/mol. The molecule has 4 aliphatic heterocycles. The van der Waals surface area contributed by atoms with Crippen LogP contribution in [0.5, 0.6) is 0 Å². The maximum absolute atomic E-state index is 14.6. The predicted octanol–water partition coefficient (Wildman–Crippen LogP) is 1.15. The largest absolute Gasteiger partial charge is 0.394 e. The number of nitrogens with zero attached hydrogens (tertiary/aromatic N) is 4. The number of amides is 3. The van der Waals surface area contributed by atoms with Gasteiger partial charge in [-0.3, -0.25) is 19.3 Å². The van der Waals surface area contributed by atoms with E-state index in [0.29, 0.717) is 58.7 Å². The lowest BCUT2D eigenvalue weighted by Gasteiger charge is -2.40. The minimum atomic E-state index is -1.12. The Kier molecular flexibility index (Phi) is 9.44. The first-order chi connectivity index (χ1) is 19.0. The molecule has 4 fully saturated rings. The van der Waals surface area contributed by atoms with Crippen molar-refractivity contribution in [1.82, 2.24) is 19.6 Å². The molecular weight excluding hydrogens is 512 g/mol. The summed E-state index contributed by atoms with van der Waals surface area (Å²) in [4.78, 5) is 50.0. The van der Waals surface area contributed by atoms with E-state index in [1.165, 1.54) is 0 Å². The molecule has 0 saturated carbocycles. The van der Waals surface area contributed by atoms with E-state index in [4.69, 9.17) is 9.47 Å². The number of rotatable bonds is 13. The molecule has 2 bridgehead atoms. The summed E-state index contributed by atoms with van der Waals surface area (Å²) >= 11 is 0. The van der Waals surface area contributed by atoms with Crippen molar-refractivity contribution in [2.75, 3.05) is 66.1 Å². The number of ether oxygens (including phenoxy) is 2. The Morgan fingerprint density at radius 1 is 1.15 bits per heavy atom. The second-order valence-corrected chi connectivity index (χ2v) is 12.5. The Hall–Kier alpha value is -2.27. The van der Waals surface area contributed by atoms with E-state index < -0.39 is 35.1 Å². The molecule has 40 heavy (non-hydrogen) atoms. The minimum absolute atomic E-state index is 0.171. The van der Waals surface area contributed by atoms with Crippen LogP contribution < -0.4 is 0 Å². The summed E-state index contributed by atoms with van der Waals surface area (Å²) in [5.41, 5.74) is -1.97. The molecule has 224 valence electrons. The number of morpholine rings is 1. The summed E-state index contributed by atoms with van der Waals surface area (Å²) in [7, 11) is 1.71. The summed E-state index contributed by atoms with van der Waals surface area (Å²) in [6.07, 6.45) is 4.99. The van der Waals surface area contributed by atoms with Gasteiger partial charge in [0.05, 0.1) is 43.3 Å². The maximum atomic E-state index is 14.6. The molecule has 0 aromatic heterocycles. The number of carbonyl (C=O) groups excluding carboxylic acids is 3. The van der Waals surface area contributed by atoms with Gasteiger partial charge >= 0.3 is 0 Å². The molecular formula is C30H48N4O6. The van der Waals surface area contributed by atoms with E-state index in [-0.39, 0.29) is 30.2 Å². The van der Waals surface area contributed by atoms with Gasteiger partial charge in [0.1, 0.15) is 11.6 Å². The van der Waals surface area contributed by atoms with E-state index in [2.05, 4.69) is 18.1 Å². The lowest BCUT2D eigenvalue weighted by atomic mass is 9.66. The van der Waals surface area contributed by atoms with Gasteiger partial charge in [0, 0.05) is 46.3 Å². The van der Waals surface area contributed by atoms with Gasteiger partial charge in [-0.15, -0.1) is 13.2 Å². The standard InChI is InChI=1S/C30H48N4O6/c1-7-11-31(6)26(36)23-24-27(37)34(22(20-35)19-21(3)4)25(30(24)10-9-29(23,5)40-30)28(38)33(12-8-2)14-13-32-15-17-39-18-16-32/h7-8,21-25,35H,1-2,9-20H2,3-6H3/t22-,23-,24+,25?,29+,30?/m1/s1. The fourth-order valence-electron chi connectivity index (χ4n) is 7.46. The van der Waals surface area contributed by atoms with Crippen LogP contribution in [0.2, 0.25) is 0 Å². The molecule has 4 aliphatic rings. The molecule has 3 amide bonds. The van der Waals surface area contributed by atoms with Crippen LogP contribution in [0.1, 0.15) is 40.0 Å². The van der Waals surface area contributed by atoms with Gasteiger partial charge in [-0.25, -0.2) is 0 Å². The number of hydrogen-bond donors (Lipinski definition) is 1. The highest BCUT2D eigenvalue weighted by molar-refractivity contribution is 5.99. The highest BCUT2D eigenvalue weighted by Gasteiger charge is 2.78. The number of likely N-dealkylation sites (tertiary alicyclic amines) is 1. The smallest absolute Gasteiger partial charge is 0.248 e. The third kappa shape index (κ3) is 5.35. The van der Waals surface area contributed by atoms with Gasteiger partial charge in [0.2, 0.25) is 17.7 Å². The first-order valence-electron chi connectivity index (χ1n) is 14.7. The summed E-state index contributed by atoms with van der Waals surface area (Å²) in [5.74, 6) is -1.95. The van der Waals surface area contributed by atoms with Gasteiger partial charge in [0.25, 0.3) is 0 Å². The average Bonchev–Trinajstić information content (AvgIpc) is 3.50. The number of hydrogen-bond acceptors (Lipinski definition) is 7. The molecule has 1 spiro atoms. The van der Waals surface area contributed by atoms with Crippen molar-refractivity contribution in [2.24, 2.45) is 17.8 Å². The molecule has 0 radical (unpaired) electrons. The maximum Gasteiger partial charge on any atom is 0.248 e. The zero-order valence-electron chi connectivity index (χ0n) is 24.7. The Balaban J connectivity index is 1.73. The zero-order chi connectivity index (χ0) is 29.2. The third-order valence-corrected chi connectivity index (χ3v) is 9.29. The molecule has 4 saturated heterocycles. The molecule has 1 N–H and O–H groups in total. The van der Waals surface area contributed by atoms with Crippen LogP contribution in [0.3, 0.4) is 0 Å². The quantitative estimate of drug-likeness (QED) is 0.337. The van der Waals surface area contributed by atoms with Crippen LogP contribution in [-0.2, 0) is 23.9 Å². The van der Waals surface area contributed by atoms with Crippen LogP contribution in [-0.4, -0.2) is 132 Å². The second-order valence-electron chi connectivity index (χ2n) is 12.5. The van der Waals surface area contributed by atoms with E-state index in [1.807, 2.05) is 20.8 Å². The number of likely N-dealkylation sites (N-methyl/N-ethyl adjacent to an activating group) is 1. The summed E-state index contributed by atoms with van der Waals surface area (Å²) in [5, 5.41) is 10.5. The lowest BCUT2D eigenvalue weighted by Crippen LogP contribution is -2.59. The van der Waals surface area contributed by atoms with Crippen molar-refractivity contribution >= 4 is 17.7 Å². The first-order valence-corrected chi connectivity index (χ1v) is 14.7. The van der Waals surface area contributed by atoms with Gasteiger partial charge in [0.15, 0.2) is 0 Å². The number of aliphatic hydroxyl groups is 1. The number of aliphatic hydroxyl groups excluding tert-OH is 1. The van der Waals surface area contributed by atoms with Crippen LogP contribution >= 0.6 is 0 Å². The van der Waals surface area contributed by atoms with Gasteiger partial charge in [-0.1, -0.05) is 26.0 Å². The highest BCUT2D eigenvalue weighted by Crippen LogP contribution is 2.64. The van der Waals surface area contributed by atoms with Crippen LogP contribution in [0, 0.1) is 17.8 Å². The molecule has 4 heterocycles. The van der Waals surface area contributed by atoms with Crippen LogP contribution in [0.25, 0.3) is 0 Å². The predicted molar refractivity (Wildman–Crippen MR) is 151 cm³/mol.